The predicted molar refractivity (Wildman–Crippen MR) is 117 cm³/mol. The number of nitrogens with zero attached hydrogens (tertiary/aromatic N) is 3. The summed E-state index contributed by atoms with van der Waals surface area (Å²) in [6.45, 7) is 9.59. The van der Waals surface area contributed by atoms with Crippen LogP contribution in [0.2, 0.25) is 0 Å². The third-order valence-corrected chi connectivity index (χ3v) is 5.56. The van der Waals surface area contributed by atoms with Gasteiger partial charge >= 0.3 is 0 Å². The summed E-state index contributed by atoms with van der Waals surface area (Å²) >= 11 is 1.09. The fraction of sp³-hybridized carbons (Fsp3) is 0.364. The van der Waals surface area contributed by atoms with E-state index in [1.54, 1.807) is 24.4 Å². The highest BCUT2D eigenvalue weighted by molar-refractivity contribution is 7.03. The maximum absolute atomic E-state index is 13.5. The molecule has 0 fully saturated rings. The molecule has 1 atom stereocenters. The number of amides is 2. The Hall–Kier alpha value is -3.00. The molecule has 0 aliphatic carbocycles. The predicted octanol–water partition coefficient (Wildman–Crippen LogP) is 4.44. The van der Waals surface area contributed by atoms with Crippen molar-refractivity contribution < 1.29 is 14.0 Å². The molecule has 8 heteroatoms. The average molecular weight is 427 g/mol. The molecule has 0 spiro atoms. The van der Waals surface area contributed by atoms with Crippen LogP contribution in [-0.4, -0.2) is 26.9 Å². The van der Waals surface area contributed by atoms with Crippen LogP contribution in [0.5, 0.6) is 0 Å². The molecule has 0 saturated carbocycles. The van der Waals surface area contributed by atoms with Gasteiger partial charge in [0.15, 0.2) is 11.7 Å². The van der Waals surface area contributed by atoms with E-state index < -0.39 is 17.5 Å². The van der Waals surface area contributed by atoms with Crippen LogP contribution in [0.15, 0.2) is 46.2 Å². The van der Waals surface area contributed by atoms with Gasteiger partial charge in [0.25, 0.3) is 11.8 Å². The number of carbonyl (C=O) groups is 2. The number of nitrogens with one attached hydrogen (secondary N) is 1. The van der Waals surface area contributed by atoms with Gasteiger partial charge in [-0.15, -0.1) is 5.10 Å². The number of hydrogen-bond donors (Lipinski definition) is 1. The minimum Gasteiger partial charge on any atom is -0.464 e. The Morgan fingerprint density at radius 3 is 2.50 bits per heavy atom. The van der Waals surface area contributed by atoms with Gasteiger partial charge in [0.1, 0.15) is 11.5 Å². The number of hydrogen-bond acceptors (Lipinski definition) is 6. The number of carbonyl (C=O) groups excluding carboxylic acids is 2. The second kappa shape index (κ2) is 8.79. The van der Waals surface area contributed by atoms with Crippen molar-refractivity contribution in [2.45, 2.75) is 52.6 Å². The number of aromatic nitrogens is 2. The highest BCUT2D eigenvalue weighted by atomic mass is 32.1. The van der Waals surface area contributed by atoms with Gasteiger partial charge in [-0.1, -0.05) is 29.6 Å². The van der Waals surface area contributed by atoms with E-state index in [0.717, 1.165) is 23.5 Å². The standard InChI is InChI=1S/C22H26N4O3S/c1-6-22(4,5)23-20(27)19(18-12-11-15(3)29-18)26(17-10-8-7-9-14(17)2)21(28)16-13-30-25-24-16/h7-13,19H,6H2,1-5H3,(H,23,27)/t19-/m1/s1. The lowest BCUT2D eigenvalue weighted by Gasteiger charge is -2.33. The minimum atomic E-state index is -1.00. The Balaban J connectivity index is 2.17. The van der Waals surface area contributed by atoms with Gasteiger partial charge < -0.3 is 9.73 Å². The molecule has 0 saturated heterocycles. The number of furan rings is 1. The summed E-state index contributed by atoms with van der Waals surface area (Å²) in [7, 11) is 0. The van der Waals surface area contributed by atoms with Crippen LogP contribution in [0, 0.1) is 13.8 Å². The van der Waals surface area contributed by atoms with Crippen molar-refractivity contribution in [1.82, 2.24) is 14.9 Å². The molecule has 0 unspecified atom stereocenters. The van der Waals surface area contributed by atoms with E-state index in [4.69, 9.17) is 4.42 Å². The summed E-state index contributed by atoms with van der Waals surface area (Å²) in [4.78, 5) is 28.5. The molecule has 0 radical (unpaired) electrons. The van der Waals surface area contributed by atoms with Gasteiger partial charge in [0, 0.05) is 16.6 Å². The Bertz CT molecular complexity index is 1030. The molecule has 2 aromatic heterocycles. The molecule has 0 aliphatic heterocycles. The van der Waals surface area contributed by atoms with Crippen molar-refractivity contribution in [3.63, 3.8) is 0 Å². The topological polar surface area (TPSA) is 88.3 Å². The van der Waals surface area contributed by atoms with Crippen LogP contribution < -0.4 is 10.2 Å². The molecule has 2 amide bonds. The van der Waals surface area contributed by atoms with Crippen molar-refractivity contribution in [2.75, 3.05) is 4.90 Å². The van der Waals surface area contributed by atoms with Crippen LogP contribution >= 0.6 is 11.5 Å². The zero-order valence-electron chi connectivity index (χ0n) is 17.8. The Kier molecular flexibility index (Phi) is 6.36. The Morgan fingerprint density at radius 2 is 1.93 bits per heavy atom. The smallest absolute Gasteiger partial charge is 0.280 e. The maximum atomic E-state index is 13.5. The van der Waals surface area contributed by atoms with E-state index >= 15 is 0 Å². The molecule has 0 aliphatic rings. The highest BCUT2D eigenvalue weighted by Gasteiger charge is 2.38. The first-order valence-corrected chi connectivity index (χ1v) is 10.6. The van der Waals surface area contributed by atoms with Gasteiger partial charge in [0.2, 0.25) is 0 Å². The third kappa shape index (κ3) is 4.59. The van der Waals surface area contributed by atoms with Gasteiger partial charge in [-0.3, -0.25) is 14.5 Å². The molecule has 1 aromatic carbocycles. The Morgan fingerprint density at radius 1 is 1.20 bits per heavy atom. The zero-order valence-corrected chi connectivity index (χ0v) is 18.6. The van der Waals surface area contributed by atoms with Crippen molar-refractivity contribution >= 4 is 29.0 Å². The quantitative estimate of drug-likeness (QED) is 0.603. The van der Waals surface area contributed by atoms with E-state index in [-0.39, 0.29) is 11.6 Å². The van der Waals surface area contributed by atoms with Gasteiger partial charge in [0.05, 0.1) is 0 Å². The average Bonchev–Trinajstić information content (AvgIpc) is 3.38. The number of anilines is 1. The second-order valence-electron chi connectivity index (χ2n) is 7.83. The molecular formula is C22H26N4O3S. The SMILES string of the molecule is CCC(C)(C)NC(=O)[C@@H](c1ccc(C)o1)N(C(=O)c1csnn1)c1ccccc1C. The third-order valence-electron chi connectivity index (χ3n) is 5.06. The van der Waals surface area contributed by atoms with Crippen molar-refractivity contribution in [1.29, 1.82) is 0 Å². The first-order chi connectivity index (χ1) is 14.2. The lowest BCUT2D eigenvalue weighted by Crippen LogP contribution is -2.50. The number of aryl methyl sites for hydroxylation is 2. The lowest BCUT2D eigenvalue weighted by molar-refractivity contribution is -0.124. The fourth-order valence-corrected chi connectivity index (χ4v) is 3.48. The molecule has 1 N–H and O–H groups in total. The normalized spacial score (nSPS) is 12.4. The first-order valence-electron chi connectivity index (χ1n) is 9.78. The van der Waals surface area contributed by atoms with E-state index in [0.29, 0.717) is 17.2 Å². The summed E-state index contributed by atoms with van der Waals surface area (Å²) in [5.41, 5.74) is 1.20. The Labute approximate surface area is 180 Å². The summed E-state index contributed by atoms with van der Waals surface area (Å²) < 4.78 is 9.65. The van der Waals surface area contributed by atoms with Gasteiger partial charge in [-0.25, -0.2) is 0 Å². The van der Waals surface area contributed by atoms with Crippen molar-refractivity contribution in [3.8, 4) is 0 Å². The van der Waals surface area contributed by atoms with Crippen molar-refractivity contribution in [3.05, 3.63) is 64.6 Å². The molecular weight excluding hydrogens is 400 g/mol. The molecule has 158 valence electrons. The minimum absolute atomic E-state index is 0.180. The van der Waals surface area contributed by atoms with Crippen LogP contribution in [0.4, 0.5) is 5.69 Å². The molecule has 3 rings (SSSR count). The van der Waals surface area contributed by atoms with Gasteiger partial charge in [-0.2, -0.15) is 0 Å². The molecule has 3 aromatic rings. The molecule has 30 heavy (non-hydrogen) atoms. The molecule has 7 nitrogen and oxygen atoms in total. The molecule has 0 bridgehead atoms. The van der Waals surface area contributed by atoms with E-state index in [1.165, 1.54) is 4.90 Å². The van der Waals surface area contributed by atoms with E-state index in [2.05, 4.69) is 14.9 Å². The summed E-state index contributed by atoms with van der Waals surface area (Å²) in [5.74, 6) is 0.305. The van der Waals surface area contributed by atoms with E-state index in [9.17, 15) is 9.59 Å². The van der Waals surface area contributed by atoms with Crippen LogP contribution in [0.3, 0.4) is 0 Å². The number of benzene rings is 1. The van der Waals surface area contributed by atoms with Crippen molar-refractivity contribution in [2.24, 2.45) is 0 Å². The number of para-hydroxylation sites is 1. The summed E-state index contributed by atoms with van der Waals surface area (Å²) in [5, 5.41) is 8.57. The van der Waals surface area contributed by atoms with Crippen LogP contribution in [0.25, 0.3) is 0 Å². The monoisotopic (exact) mass is 426 g/mol. The maximum Gasteiger partial charge on any atom is 0.280 e. The highest BCUT2D eigenvalue weighted by Crippen LogP contribution is 2.33. The van der Waals surface area contributed by atoms with Gasteiger partial charge in [-0.05, 0) is 69.4 Å². The largest absolute Gasteiger partial charge is 0.464 e. The first kappa shape index (κ1) is 21.7. The second-order valence-corrected chi connectivity index (χ2v) is 8.44. The van der Waals surface area contributed by atoms with Crippen LogP contribution in [-0.2, 0) is 4.79 Å². The fourth-order valence-electron chi connectivity index (χ4n) is 3.05. The van der Waals surface area contributed by atoms with E-state index in [1.807, 2.05) is 52.0 Å². The summed E-state index contributed by atoms with van der Waals surface area (Å²) in [6, 6.07) is 9.95. The molecule has 2 heterocycles. The van der Waals surface area contributed by atoms with Crippen LogP contribution in [0.1, 0.15) is 60.8 Å². The summed E-state index contributed by atoms with van der Waals surface area (Å²) in [6.07, 6.45) is 0.733. The number of rotatable bonds is 7. The zero-order chi connectivity index (χ0) is 21.9. The lowest BCUT2D eigenvalue weighted by atomic mass is 10.00.